The van der Waals surface area contributed by atoms with Crippen molar-refractivity contribution < 1.29 is 9.53 Å². The minimum absolute atomic E-state index is 0.0825. The summed E-state index contributed by atoms with van der Waals surface area (Å²) in [5.41, 5.74) is 1.39. The topological polar surface area (TPSA) is 50.4 Å². The number of carbonyl (C=O) groups excluding carboxylic acids is 1. The lowest BCUT2D eigenvalue weighted by atomic mass is 9.78. The van der Waals surface area contributed by atoms with Crippen molar-refractivity contribution in [1.29, 1.82) is 0 Å². The van der Waals surface area contributed by atoms with Crippen LogP contribution in [0, 0.1) is 5.92 Å². The third-order valence-corrected chi connectivity index (χ3v) is 5.81. The summed E-state index contributed by atoms with van der Waals surface area (Å²) < 4.78 is 5.39. The molecule has 1 heterocycles. The molecule has 2 aliphatic rings. The normalized spacial score (nSPS) is 22.5. The van der Waals surface area contributed by atoms with E-state index < -0.39 is 0 Å². The van der Waals surface area contributed by atoms with Crippen molar-refractivity contribution in [1.82, 2.24) is 10.6 Å². The first-order valence-corrected chi connectivity index (χ1v) is 9.34. The van der Waals surface area contributed by atoms with Gasteiger partial charge < -0.3 is 15.4 Å². The number of nitrogens with one attached hydrogen (secondary N) is 2. The third kappa shape index (κ3) is 4.10. The highest BCUT2D eigenvalue weighted by molar-refractivity contribution is 5.76. The van der Waals surface area contributed by atoms with Gasteiger partial charge in [0.2, 0.25) is 5.91 Å². The predicted octanol–water partition coefficient (Wildman–Crippen LogP) is 3.01. The van der Waals surface area contributed by atoms with E-state index in [2.05, 4.69) is 28.8 Å². The summed E-state index contributed by atoms with van der Waals surface area (Å²) in [6.45, 7) is 2.92. The van der Waals surface area contributed by atoms with Gasteiger partial charge in [-0.25, -0.2) is 0 Å². The number of rotatable bonds is 7. The molecule has 0 bridgehead atoms. The number of hydrogen-bond donors (Lipinski definition) is 2. The SMILES string of the molecule is COc1cccc(C2(CNC(=O)CCC3CCNC3)CCCC2)c1. The molecule has 0 radical (unpaired) electrons. The number of carbonyl (C=O) groups is 1. The van der Waals surface area contributed by atoms with Crippen LogP contribution in [-0.4, -0.2) is 32.7 Å². The van der Waals surface area contributed by atoms with E-state index in [1.54, 1.807) is 7.11 Å². The number of methoxy groups -OCH3 is 1. The second-order valence-corrected chi connectivity index (χ2v) is 7.39. The Bertz CT molecular complexity index is 546. The number of ether oxygens (including phenoxy) is 1. The molecule has 1 saturated carbocycles. The van der Waals surface area contributed by atoms with Gasteiger partial charge in [-0.05, 0) is 62.4 Å². The van der Waals surface area contributed by atoms with Crippen LogP contribution in [0.2, 0.25) is 0 Å². The number of amides is 1. The molecular formula is C20H30N2O2. The monoisotopic (exact) mass is 330 g/mol. The summed E-state index contributed by atoms with van der Waals surface area (Å²) in [5, 5.41) is 6.59. The maximum atomic E-state index is 12.3. The maximum Gasteiger partial charge on any atom is 0.220 e. The van der Waals surface area contributed by atoms with Crippen LogP contribution in [0.15, 0.2) is 24.3 Å². The van der Waals surface area contributed by atoms with Crippen LogP contribution in [0.25, 0.3) is 0 Å². The molecule has 132 valence electrons. The molecule has 1 aliphatic carbocycles. The van der Waals surface area contributed by atoms with Gasteiger partial charge in [0.15, 0.2) is 0 Å². The number of hydrogen-bond acceptors (Lipinski definition) is 3. The Morgan fingerprint density at radius 2 is 2.21 bits per heavy atom. The van der Waals surface area contributed by atoms with Crippen LogP contribution in [0.1, 0.15) is 50.5 Å². The quantitative estimate of drug-likeness (QED) is 0.808. The molecule has 1 unspecified atom stereocenters. The van der Waals surface area contributed by atoms with Crippen molar-refractivity contribution in [2.45, 2.75) is 50.4 Å². The van der Waals surface area contributed by atoms with Crippen LogP contribution in [-0.2, 0) is 10.2 Å². The minimum atomic E-state index is 0.0825. The summed E-state index contributed by atoms with van der Waals surface area (Å²) in [5.74, 6) is 1.78. The fraction of sp³-hybridized carbons (Fsp3) is 0.650. The third-order valence-electron chi connectivity index (χ3n) is 5.81. The zero-order chi connectivity index (χ0) is 16.8. The molecule has 1 saturated heterocycles. The zero-order valence-electron chi connectivity index (χ0n) is 14.8. The Morgan fingerprint density at radius 3 is 2.92 bits per heavy atom. The largest absolute Gasteiger partial charge is 0.497 e. The van der Waals surface area contributed by atoms with Crippen LogP contribution < -0.4 is 15.4 Å². The Balaban J connectivity index is 1.58. The predicted molar refractivity (Wildman–Crippen MR) is 96.4 cm³/mol. The van der Waals surface area contributed by atoms with Crippen molar-refractivity contribution in [2.75, 3.05) is 26.7 Å². The summed E-state index contributed by atoms with van der Waals surface area (Å²) in [7, 11) is 1.71. The molecular weight excluding hydrogens is 300 g/mol. The molecule has 1 atom stereocenters. The fourth-order valence-corrected chi connectivity index (χ4v) is 4.22. The summed E-state index contributed by atoms with van der Waals surface area (Å²) in [6.07, 6.45) is 7.63. The zero-order valence-corrected chi connectivity index (χ0v) is 14.8. The lowest BCUT2D eigenvalue weighted by molar-refractivity contribution is -0.121. The van der Waals surface area contributed by atoms with E-state index in [0.29, 0.717) is 12.3 Å². The first-order chi connectivity index (χ1) is 11.7. The van der Waals surface area contributed by atoms with Crippen LogP contribution >= 0.6 is 0 Å². The summed E-state index contributed by atoms with van der Waals surface area (Å²) in [6, 6.07) is 8.37. The minimum Gasteiger partial charge on any atom is -0.497 e. The lowest BCUT2D eigenvalue weighted by Crippen LogP contribution is -2.39. The van der Waals surface area contributed by atoms with Crippen LogP contribution in [0.5, 0.6) is 5.75 Å². The van der Waals surface area contributed by atoms with Gasteiger partial charge in [-0.2, -0.15) is 0 Å². The second kappa shape index (κ2) is 8.02. The maximum absolute atomic E-state index is 12.3. The van der Waals surface area contributed by atoms with E-state index >= 15 is 0 Å². The van der Waals surface area contributed by atoms with E-state index in [4.69, 9.17) is 4.74 Å². The average molecular weight is 330 g/mol. The average Bonchev–Trinajstić information content (AvgIpc) is 3.30. The Kier molecular flexibility index (Phi) is 5.77. The molecule has 24 heavy (non-hydrogen) atoms. The van der Waals surface area contributed by atoms with E-state index in [0.717, 1.165) is 44.6 Å². The lowest BCUT2D eigenvalue weighted by Gasteiger charge is -2.30. The van der Waals surface area contributed by atoms with Gasteiger partial charge in [0, 0.05) is 18.4 Å². The van der Waals surface area contributed by atoms with Crippen molar-refractivity contribution >= 4 is 5.91 Å². The smallest absolute Gasteiger partial charge is 0.220 e. The van der Waals surface area contributed by atoms with E-state index in [1.807, 2.05) is 6.07 Å². The molecule has 1 aliphatic heterocycles. The van der Waals surface area contributed by atoms with Gasteiger partial charge >= 0.3 is 0 Å². The standard InChI is InChI=1S/C20H30N2O2/c1-24-18-6-4-5-17(13-18)20(10-2-3-11-20)15-22-19(23)8-7-16-9-12-21-14-16/h4-6,13,16,21H,2-3,7-12,14-15H2,1H3,(H,22,23). The Morgan fingerprint density at radius 1 is 1.38 bits per heavy atom. The molecule has 1 aromatic rings. The highest BCUT2D eigenvalue weighted by Gasteiger charge is 2.36. The van der Waals surface area contributed by atoms with Gasteiger partial charge in [-0.1, -0.05) is 25.0 Å². The van der Waals surface area contributed by atoms with Gasteiger partial charge in [0.05, 0.1) is 7.11 Å². The first kappa shape index (κ1) is 17.3. The fourth-order valence-electron chi connectivity index (χ4n) is 4.22. The van der Waals surface area contributed by atoms with Crippen molar-refractivity contribution in [3.05, 3.63) is 29.8 Å². The van der Waals surface area contributed by atoms with Crippen molar-refractivity contribution in [3.8, 4) is 5.75 Å². The Labute approximate surface area is 145 Å². The number of benzene rings is 1. The molecule has 2 N–H and O–H groups in total. The summed E-state index contributed by atoms with van der Waals surface area (Å²) >= 11 is 0. The van der Waals surface area contributed by atoms with Crippen LogP contribution in [0.4, 0.5) is 0 Å². The second-order valence-electron chi connectivity index (χ2n) is 7.39. The molecule has 0 aromatic heterocycles. The van der Waals surface area contributed by atoms with E-state index in [-0.39, 0.29) is 11.3 Å². The highest BCUT2D eigenvalue weighted by Crippen LogP contribution is 2.41. The molecule has 2 fully saturated rings. The van der Waals surface area contributed by atoms with Gasteiger partial charge in [-0.15, -0.1) is 0 Å². The Hall–Kier alpha value is -1.55. The first-order valence-electron chi connectivity index (χ1n) is 9.34. The van der Waals surface area contributed by atoms with Crippen molar-refractivity contribution in [3.63, 3.8) is 0 Å². The molecule has 4 nitrogen and oxygen atoms in total. The molecule has 3 rings (SSSR count). The van der Waals surface area contributed by atoms with Crippen molar-refractivity contribution in [2.24, 2.45) is 5.92 Å². The van der Waals surface area contributed by atoms with E-state index in [1.165, 1.54) is 24.8 Å². The highest BCUT2D eigenvalue weighted by atomic mass is 16.5. The molecule has 1 amide bonds. The van der Waals surface area contributed by atoms with Gasteiger partial charge in [0.1, 0.15) is 5.75 Å². The summed E-state index contributed by atoms with van der Waals surface area (Å²) in [4.78, 5) is 12.3. The van der Waals surface area contributed by atoms with Crippen LogP contribution in [0.3, 0.4) is 0 Å². The molecule has 4 heteroatoms. The molecule has 0 spiro atoms. The van der Waals surface area contributed by atoms with Gasteiger partial charge in [0.25, 0.3) is 0 Å². The molecule has 1 aromatic carbocycles. The van der Waals surface area contributed by atoms with Gasteiger partial charge in [-0.3, -0.25) is 4.79 Å². The van der Waals surface area contributed by atoms with E-state index in [9.17, 15) is 4.79 Å².